The summed E-state index contributed by atoms with van der Waals surface area (Å²) >= 11 is 0. The van der Waals surface area contributed by atoms with Gasteiger partial charge in [-0.05, 0) is 31.1 Å². The van der Waals surface area contributed by atoms with Crippen molar-refractivity contribution in [3.63, 3.8) is 0 Å². The first kappa shape index (κ1) is 9.34. The fraction of sp³-hybridized carbons (Fsp3) is 0.615. The van der Waals surface area contributed by atoms with E-state index in [2.05, 4.69) is 24.3 Å². The van der Waals surface area contributed by atoms with Crippen molar-refractivity contribution in [2.45, 2.75) is 38.2 Å². The summed E-state index contributed by atoms with van der Waals surface area (Å²) in [7, 11) is 0. The van der Waals surface area contributed by atoms with Gasteiger partial charge in [0.15, 0.2) is 5.78 Å². The van der Waals surface area contributed by atoms with Crippen LogP contribution >= 0.6 is 0 Å². The lowest BCUT2D eigenvalue weighted by molar-refractivity contribution is -0.128. The normalized spacial score (nSPS) is 47.8. The second-order valence-electron chi connectivity index (χ2n) is 5.24. The van der Waals surface area contributed by atoms with Gasteiger partial charge in [-0.15, -0.1) is 0 Å². The molecule has 0 bridgehead atoms. The number of hydrogen-bond donors (Lipinski definition) is 1. The molecule has 0 aliphatic heterocycles. The Kier molecular flexibility index (Phi) is 1.76. The Morgan fingerprint density at radius 1 is 1.07 bits per heavy atom. The molecule has 3 aliphatic rings. The Hall–Kier alpha value is -0.890. The van der Waals surface area contributed by atoms with Gasteiger partial charge in [0, 0.05) is 11.8 Å². The van der Waals surface area contributed by atoms with E-state index in [1.807, 2.05) is 0 Å². The van der Waals surface area contributed by atoms with Gasteiger partial charge in [0.05, 0.1) is 0 Å². The van der Waals surface area contributed by atoms with Gasteiger partial charge in [-0.25, -0.2) is 0 Å². The molecule has 1 atom stereocenters. The van der Waals surface area contributed by atoms with Crippen LogP contribution in [0.5, 0.6) is 0 Å². The minimum absolute atomic E-state index is 0.0347. The number of carbonyl (C=O) groups is 1. The molecule has 2 nitrogen and oxygen atoms in total. The lowest BCUT2D eigenvalue weighted by Gasteiger charge is -2.49. The molecule has 0 aromatic heterocycles. The van der Waals surface area contributed by atoms with E-state index in [0.717, 1.165) is 25.7 Å². The summed E-state index contributed by atoms with van der Waals surface area (Å²) in [5.41, 5.74) is -0.138. The molecule has 0 heterocycles. The number of aliphatic hydroxyl groups excluding tert-OH is 1. The zero-order chi connectivity index (χ0) is 10.5. The van der Waals surface area contributed by atoms with Crippen molar-refractivity contribution in [3.8, 4) is 0 Å². The van der Waals surface area contributed by atoms with Crippen molar-refractivity contribution in [2.75, 3.05) is 0 Å². The van der Waals surface area contributed by atoms with Gasteiger partial charge in [0.1, 0.15) is 6.10 Å². The minimum atomic E-state index is -0.729. The Morgan fingerprint density at radius 2 is 1.60 bits per heavy atom. The van der Waals surface area contributed by atoms with Gasteiger partial charge in [-0.3, -0.25) is 4.79 Å². The number of aliphatic hydroxyl groups is 1. The standard InChI is InChI=1S/C13H16O2/c14-10-9-12-5-1-3-7-13(12,11(10)15)8-4-2-6-12/h1-4,11,15H,5-9H2/t11-,12?,13?/m0/s1. The smallest absolute Gasteiger partial charge is 0.162 e. The number of carbonyl (C=O) groups excluding carboxylic acids is 1. The first-order valence-corrected chi connectivity index (χ1v) is 5.71. The second kappa shape index (κ2) is 2.82. The molecule has 3 aliphatic carbocycles. The van der Waals surface area contributed by atoms with Crippen molar-refractivity contribution in [3.05, 3.63) is 24.3 Å². The van der Waals surface area contributed by atoms with E-state index >= 15 is 0 Å². The molecule has 0 aromatic rings. The van der Waals surface area contributed by atoms with E-state index in [4.69, 9.17) is 0 Å². The third-order valence-electron chi connectivity index (χ3n) is 4.71. The van der Waals surface area contributed by atoms with Crippen LogP contribution in [0.3, 0.4) is 0 Å². The van der Waals surface area contributed by atoms with Crippen LogP contribution in [-0.4, -0.2) is 17.0 Å². The molecule has 0 amide bonds. The maximum atomic E-state index is 11.8. The maximum absolute atomic E-state index is 11.8. The van der Waals surface area contributed by atoms with Crippen LogP contribution in [0.15, 0.2) is 24.3 Å². The molecule has 0 radical (unpaired) electrons. The number of ketones is 1. The molecular formula is C13H16O2. The van der Waals surface area contributed by atoms with E-state index in [1.165, 1.54) is 0 Å². The highest BCUT2D eigenvalue weighted by Crippen LogP contribution is 2.63. The van der Waals surface area contributed by atoms with Crippen molar-refractivity contribution in [2.24, 2.45) is 10.8 Å². The quantitative estimate of drug-likeness (QED) is 0.613. The van der Waals surface area contributed by atoms with Crippen LogP contribution in [0.2, 0.25) is 0 Å². The van der Waals surface area contributed by atoms with Crippen LogP contribution in [0, 0.1) is 10.8 Å². The Bertz CT molecular complexity index is 347. The third kappa shape index (κ3) is 0.957. The fourth-order valence-electron chi connectivity index (χ4n) is 3.78. The van der Waals surface area contributed by atoms with E-state index in [0.29, 0.717) is 6.42 Å². The first-order valence-electron chi connectivity index (χ1n) is 5.71. The van der Waals surface area contributed by atoms with Gasteiger partial charge < -0.3 is 5.11 Å². The predicted octanol–water partition coefficient (Wildman–Crippen LogP) is 1.99. The van der Waals surface area contributed by atoms with E-state index in [9.17, 15) is 9.90 Å². The maximum Gasteiger partial charge on any atom is 0.162 e. The van der Waals surface area contributed by atoms with Crippen LogP contribution in [0.25, 0.3) is 0 Å². The lowest BCUT2D eigenvalue weighted by atomic mass is 9.54. The number of rotatable bonds is 0. The van der Waals surface area contributed by atoms with Crippen molar-refractivity contribution < 1.29 is 9.90 Å². The molecule has 0 spiro atoms. The largest absolute Gasteiger partial charge is 0.385 e. The van der Waals surface area contributed by atoms with Crippen LogP contribution in [0.1, 0.15) is 32.1 Å². The SMILES string of the molecule is O=C1CC23CC=CCC2(CC=CC3)[C@H]1O. The molecule has 3 rings (SSSR count). The monoisotopic (exact) mass is 204 g/mol. The van der Waals surface area contributed by atoms with Gasteiger partial charge in [-0.2, -0.15) is 0 Å². The number of hydrogen-bond acceptors (Lipinski definition) is 2. The summed E-state index contributed by atoms with van der Waals surface area (Å²) in [5, 5.41) is 10.2. The summed E-state index contributed by atoms with van der Waals surface area (Å²) in [6, 6.07) is 0. The predicted molar refractivity (Wildman–Crippen MR) is 57.2 cm³/mol. The van der Waals surface area contributed by atoms with Crippen molar-refractivity contribution in [1.29, 1.82) is 0 Å². The van der Waals surface area contributed by atoms with E-state index in [1.54, 1.807) is 0 Å². The molecule has 80 valence electrons. The summed E-state index contributed by atoms with van der Waals surface area (Å²) in [4.78, 5) is 11.8. The topological polar surface area (TPSA) is 37.3 Å². The van der Waals surface area contributed by atoms with E-state index in [-0.39, 0.29) is 16.6 Å². The fourth-order valence-corrected chi connectivity index (χ4v) is 3.78. The summed E-state index contributed by atoms with van der Waals surface area (Å²) in [6.45, 7) is 0. The summed E-state index contributed by atoms with van der Waals surface area (Å²) in [6.07, 6.45) is 12.1. The molecule has 0 unspecified atom stereocenters. The minimum Gasteiger partial charge on any atom is -0.385 e. The average molecular weight is 204 g/mol. The molecule has 1 fully saturated rings. The highest BCUT2D eigenvalue weighted by molar-refractivity contribution is 5.88. The zero-order valence-corrected chi connectivity index (χ0v) is 8.78. The Labute approximate surface area is 89.7 Å². The molecular weight excluding hydrogens is 188 g/mol. The van der Waals surface area contributed by atoms with Crippen molar-refractivity contribution in [1.82, 2.24) is 0 Å². The summed E-state index contributed by atoms with van der Waals surface area (Å²) in [5.74, 6) is 0.0578. The first-order chi connectivity index (χ1) is 7.20. The summed E-state index contributed by atoms with van der Waals surface area (Å²) < 4.78 is 0. The van der Waals surface area contributed by atoms with Gasteiger partial charge in [0.25, 0.3) is 0 Å². The highest BCUT2D eigenvalue weighted by atomic mass is 16.3. The van der Waals surface area contributed by atoms with Crippen LogP contribution < -0.4 is 0 Å². The number of Topliss-reactive ketones (excluding diaryl/α,β-unsaturated/α-hetero) is 1. The second-order valence-corrected chi connectivity index (χ2v) is 5.24. The molecule has 0 aromatic carbocycles. The highest BCUT2D eigenvalue weighted by Gasteiger charge is 2.62. The Morgan fingerprint density at radius 3 is 2.13 bits per heavy atom. The molecule has 2 heteroatoms. The molecule has 15 heavy (non-hydrogen) atoms. The van der Waals surface area contributed by atoms with Gasteiger partial charge >= 0.3 is 0 Å². The van der Waals surface area contributed by atoms with Crippen LogP contribution in [-0.2, 0) is 4.79 Å². The number of allylic oxidation sites excluding steroid dienone is 4. The zero-order valence-electron chi connectivity index (χ0n) is 8.78. The average Bonchev–Trinajstić information content (AvgIpc) is 2.49. The Balaban J connectivity index is 2.14. The molecule has 1 saturated carbocycles. The molecule has 1 N–H and O–H groups in total. The third-order valence-corrected chi connectivity index (χ3v) is 4.71. The van der Waals surface area contributed by atoms with E-state index < -0.39 is 6.10 Å². The van der Waals surface area contributed by atoms with Crippen LogP contribution in [0.4, 0.5) is 0 Å². The van der Waals surface area contributed by atoms with Gasteiger partial charge in [-0.1, -0.05) is 24.3 Å². The molecule has 0 saturated heterocycles. The van der Waals surface area contributed by atoms with Gasteiger partial charge in [0.2, 0.25) is 0 Å². The van der Waals surface area contributed by atoms with Crippen molar-refractivity contribution >= 4 is 5.78 Å². The lowest BCUT2D eigenvalue weighted by Crippen LogP contribution is -2.46.